The van der Waals surface area contributed by atoms with Crippen molar-refractivity contribution < 1.29 is 4.79 Å². The molecule has 0 aliphatic carbocycles. The van der Waals surface area contributed by atoms with Crippen LogP contribution in [0.1, 0.15) is 0 Å². The standard InChI is InChI=1S/C12H10S2.CH6N4O/c1-3-7-11(8-4-1)13-14-12-9-5-2-6-10-12;2-4-1(6)5-3/h1-10H;2-3H2,(H2,4,5,6). The zero-order chi connectivity index (χ0) is 14.6. The van der Waals surface area contributed by atoms with E-state index in [0.717, 1.165) is 0 Å². The zero-order valence-corrected chi connectivity index (χ0v) is 12.3. The summed E-state index contributed by atoms with van der Waals surface area (Å²) in [5.41, 5.74) is 3.48. The van der Waals surface area contributed by atoms with Gasteiger partial charge in [0.25, 0.3) is 0 Å². The van der Waals surface area contributed by atoms with E-state index in [9.17, 15) is 4.79 Å². The Bertz CT molecular complexity index is 451. The summed E-state index contributed by atoms with van der Waals surface area (Å²) >= 11 is 0. The molecule has 20 heavy (non-hydrogen) atoms. The molecule has 106 valence electrons. The van der Waals surface area contributed by atoms with Crippen LogP contribution in [0.3, 0.4) is 0 Å². The Morgan fingerprint density at radius 2 is 1.10 bits per heavy atom. The van der Waals surface area contributed by atoms with Crippen LogP contribution < -0.4 is 22.5 Å². The minimum absolute atomic E-state index is 0.602. The van der Waals surface area contributed by atoms with Gasteiger partial charge in [0.2, 0.25) is 0 Å². The minimum atomic E-state index is -0.602. The molecule has 0 spiro atoms. The maximum atomic E-state index is 9.71. The molecule has 2 amide bonds. The summed E-state index contributed by atoms with van der Waals surface area (Å²) in [6.07, 6.45) is 0. The van der Waals surface area contributed by atoms with Gasteiger partial charge < -0.3 is 0 Å². The molecule has 0 atom stereocenters. The van der Waals surface area contributed by atoms with E-state index in [1.807, 2.05) is 12.1 Å². The Labute approximate surface area is 125 Å². The van der Waals surface area contributed by atoms with Crippen molar-refractivity contribution in [2.45, 2.75) is 9.79 Å². The van der Waals surface area contributed by atoms with Gasteiger partial charge in [-0.15, -0.1) is 0 Å². The van der Waals surface area contributed by atoms with Crippen molar-refractivity contribution in [1.82, 2.24) is 10.9 Å². The Kier molecular flexibility index (Phi) is 8.32. The Balaban J connectivity index is 0.000000286. The highest BCUT2D eigenvalue weighted by Crippen LogP contribution is 2.36. The number of amides is 2. The quantitative estimate of drug-likeness (QED) is 0.302. The number of hydrogen-bond acceptors (Lipinski definition) is 5. The van der Waals surface area contributed by atoms with E-state index in [2.05, 4.69) is 60.2 Å². The molecule has 0 saturated heterocycles. The molecule has 0 aliphatic rings. The molecule has 6 N–H and O–H groups in total. The highest BCUT2D eigenvalue weighted by atomic mass is 33.1. The fourth-order valence-corrected chi connectivity index (χ4v) is 3.06. The normalized spacial score (nSPS) is 9.10. The van der Waals surface area contributed by atoms with Crippen LogP contribution in [-0.2, 0) is 0 Å². The van der Waals surface area contributed by atoms with Gasteiger partial charge in [-0.1, -0.05) is 58.0 Å². The van der Waals surface area contributed by atoms with Gasteiger partial charge in [0.15, 0.2) is 0 Å². The van der Waals surface area contributed by atoms with Crippen molar-refractivity contribution in [2.75, 3.05) is 0 Å². The molecule has 0 saturated carbocycles. The third kappa shape index (κ3) is 7.05. The number of nitrogens with one attached hydrogen (secondary N) is 2. The van der Waals surface area contributed by atoms with E-state index < -0.39 is 6.03 Å². The van der Waals surface area contributed by atoms with Crippen LogP contribution in [0.25, 0.3) is 0 Å². The number of nitrogens with two attached hydrogens (primary N) is 2. The summed E-state index contributed by atoms with van der Waals surface area (Å²) < 4.78 is 0. The molecule has 0 radical (unpaired) electrons. The second kappa shape index (κ2) is 10.2. The van der Waals surface area contributed by atoms with E-state index >= 15 is 0 Å². The number of carbonyl (C=O) groups excluding carboxylic acids is 1. The zero-order valence-electron chi connectivity index (χ0n) is 10.7. The number of urea groups is 1. The Morgan fingerprint density at radius 1 is 0.750 bits per heavy atom. The maximum Gasteiger partial charge on any atom is 0.343 e. The summed E-state index contributed by atoms with van der Waals surface area (Å²) in [6, 6.07) is 20.2. The molecule has 0 heterocycles. The molecule has 2 rings (SSSR count). The first-order chi connectivity index (χ1) is 9.76. The van der Waals surface area contributed by atoms with Crippen LogP contribution in [0.5, 0.6) is 0 Å². The molecule has 0 unspecified atom stereocenters. The number of hydrazine groups is 2. The van der Waals surface area contributed by atoms with Gasteiger partial charge in [-0.2, -0.15) is 0 Å². The molecule has 5 nitrogen and oxygen atoms in total. The highest BCUT2D eigenvalue weighted by molar-refractivity contribution is 8.76. The summed E-state index contributed by atoms with van der Waals surface area (Å²) in [6.45, 7) is 0. The third-order valence-electron chi connectivity index (χ3n) is 1.98. The van der Waals surface area contributed by atoms with Crippen LogP contribution in [0.15, 0.2) is 70.5 Å². The first kappa shape index (κ1) is 16.4. The van der Waals surface area contributed by atoms with Crippen molar-refractivity contribution in [3.05, 3.63) is 60.7 Å². The van der Waals surface area contributed by atoms with Gasteiger partial charge in [0, 0.05) is 9.79 Å². The summed E-state index contributed by atoms with van der Waals surface area (Å²) in [5, 5.41) is 0. The molecule has 0 aliphatic heterocycles. The van der Waals surface area contributed by atoms with E-state index in [4.69, 9.17) is 0 Å². The van der Waals surface area contributed by atoms with E-state index in [0.29, 0.717) is 0 Å². The van der Waals surface area contributed by atoms with Gasteiger partial charge in [0.1, 0.15) is 0 Å². The Morgan fingerprint density at radius 3 is 1.35 bits per heavy atom. The molecular formula is C13H16N4OS2. The number of carbonyl (C=O) groups is 1. The molecule has 2 aromatic carbocycles. The minimum Gasteiger partial charge on any atom is -0.275 e. The average molecular weight is 308 g/mol. The summed E-state index contributed by atoms with van der Waals surface area (Å²) in [7, 11) is 3.58. The van der Waals surface area contributed by atoms with Crippen molar-refractivity contribution in [2.24, 2.45) is 11.7 Å². The molecule has 7 heteroatoms. The monoisotopic (exact) mass is 308 g/mol. The summed E-state index contributed by atoms with van der Waals surface area (Å²) in [4.78, 5) is 12.3. The van der Waals surface area contributed by atoms with Crippen molar-refractivity contribution >= 4 is 27.6 Å². The number of rotatable bonds is 3. The molecular weight excluding hydrogens is 292 g/mol. The molecule has 0 fully saturated rings. The van der Waals surface area contributed by atoms with Gasteiger partial charge in [-0.05, 0) is 24.3 Å². The lowest BCUT2D eigenvalue weighted by Gasteiger charge is -1.99. The lowest BCUT2D eigenvalue weighted by Crippen LogP contribution is -2.43. The number of benzene rings is 2. The Hall–Kier alpha value is -1.67. The fourth-order valence-electron chi connectivity index (χ4n) is 1.09. The lowest BCUT2D eigenvalue weighted by molar-refractivity contribution is 0.241. The number of hydrogen-bond donors (Lipinski definition) is 4. The first-order valence-electron chi connectivity index (χ1n) is 5.68. The fraction of sp³-hybridized carbons (Fsp3) is 0. The predicted molar refractivity (Wildman–Crippen MR) is 84.6 cm³/mol. The SMILES string of the molecule is NNC(=O)NN.c1ccc(SSc2ccccc2)cc1. The molecule has 0 aromatic heterocycles. The highest BCUT2D eigenvalue weighted by Gasteiger charge is 1.94. The topological polar surface area (TPSA) is 93.2 Å². The van der Waals surface area contributed by atoms with Crippen LogP contribution in [-0.4, -0.2) is 6.03 Å². The second-order valence-corrected chi connectivity index (χ2v) is 5.69. The second-order valence-electron chi connectivity index (χ2n) is 3.41. The summed E-state index contributed by atoms with van der Waals surface area (Å²) in [5.74, 6) is 9.08. The predicted octanol–water partition coefficient (Wildman–Crippen LogP) is 2.52. The van der Waals surface area contributed by atoms with E-state index in [1.165, 1.54) is 9.79 Å². The van der Waals surface area contributed by atoms with Crippen LogP contribution >= 0.6 is 21.6 Å². The first-order valence-corrected chi connectivity index (χ1v) is 7.83. The maximum absolute atomic E-state index is 9.71. The van der Waals surface area contributed by atoms with Gasteiger partial charge in [-0.25, -0.2) is 16.5 Å². The van der Waals surface area contributed by atoms with Crippen LogP contribution in [0.4, 0.5) is 4.79 Å². The smallest absolute Gasteiger partial charge is 0.275 e. The van der Waals surface area contributed by atoms with Crippen LogP contribution in [0.2, 0.25) is 0 Å². The molecule has 0 bridgehead atoms. The van der Waals surface area contributed by atoms with Crippen LogP contribution in [0, 0.1) is 0 Å². The van der Waals surface area contributed by atoms with Crippen molar-refractivity contribution in [1.29, 1.82) is 0 Å². The van der Waals surface area contributed by atoms with Gasteiger partial charge in [-0.3, -0.25) is 10.9 Å². The van der Waals surface area contributed by atoms with Gasteiger partial charge in [0.05, 0.1) is 0 Å². The van der Waals surface area contributed by atoms with Crippen molar-refractivity contribution in [3.8, 4) is 0 Å². The van der Waals surface area contributed by atoms with E-state index in [1.54, 1.807) is 32.4 Å². The molecule has 2 aromatic rings. The third-order valence-corrected chi connectivity index (χ3v) is 4.40. The average Bonchev–Trinajstić information content (AvgIpc) is 2.54. The van der Waals surface area contributed by atoms with Gasteiger partial charge >= 0.3 is 6.03 Å². The largest absolute Gasteiger partial charge is 0.343 e. The lowest BCUT2D eigenvalue weighted by atomic mass is 10.4. The van der Waals surface area contributed by atoms with Crippen molar-refractivity contribution in [3.63, 3.8) is 0 Å². The van der Waals surface area contributed by atoms with E-state index in [-0.39, 0.29) is 0 Å².